The van der Waals surface area contributed by atoms with Crippen molar-refractivity contribution < 1.29 is 14.1 Å². The van der Waals surface area contributed by atoms with Gasteiger partial charge in [-0.3, -0.25) is 9.69 Å². The monoisotopic (exact) mass is 320 g/mol. The first kappa shape index (κ1) is 16.0. The topological polar surface area (TPSA) is 88.3 Å². The van der Waals surface area contributed by atoms with Crippen molar-refractivity contribution >= 4 is 11.9 Å². The van der Waals surface area contributed by atoms with Crippen LogP contribution in [0, 0.1) is 0 Å². The Hall–Kier alpha value is -1.92. The standard InChI is InChI=1S/C16H24N4O3/c1-16(2)14(21)20(15(22)18-16)10-6-9-12-17-13(19-23-12)11-7-4-3-5-8-11/h11H,3-10H2,1-2H3,(H,18,22). The molecule has 0 unspecified atom stereocenters. The summed E-state index contributed by atoms with van der Waals surface area (Å²) in [6.07, 6.45) is 7.24. The third-order valence-corrected chi connectivity index (χ3v) is 4.67. The Morgan fingerprint density at radius 2 is 2.00 bits per heavy atom. The predicted molar refractivity (Wildman–Crippen MR) is 82.8 cm³/mol. The van der Waals surface area contributed by atoms with E-state index < -0.39 is 5.54 Å². The zero-order valence-electron chi connectivity index (χ0n) is 13.8. The van der Waals surface area contributed by atoms with Crippen molar-refractivity contribution in [3.63, 3.8) is 0 Å². The van der Waals surface area contributed by atoms with Gasteiger partial charge in [-0.1, -0.05) is 24.4 Å². The first-order chi connectivity index (χ1) is 11.0. The second kappa shape index (κ2) is 6.29. The van der Waals surface area contributed by atoms with Crippen LogP contribution >= 0.6 is 0 Å². The van der Waals surface area contributed by atoms with Gasteiger partial charge in [0.1, 0.15) is 5.54 Å². The molecule has 1 aliphatic carbocycles. The van der Waals surface area contributed by atoms with Crippen molar-refractivity contribution in [2.75, 3.05) is 6.54 Å². The number of rotatable bonds is 5. The molecule has 2 aliphatic rings. The number of urea groups is 1. The second-order valence-electron chi connectivity index (χ2n) is 7.00. The minimum atomic E-state index is -0.810. The lowest BCUT2D eigenvalue weighted by molar-refractivity contribution is -0.130. The molecular weight excluding hydrogens is 296 g/mol. The smallest absolute Gasteiger partial charge is 0.325 e. The molecule has 3 rings (SSSR count). The molecule has 0 spiro atoms. The van der Waals surface area contributed by atoms with Gasteiger partial charge in [0, 0.05) is 18.9 Å². The van der Waals surface area contributed by atoms with E-state index in [-0.39, 0.29) is 11.9 Å². The fourth-order valence-corrected chi connectivity index (χ4v) is 3.31. The summed E-state index contributed by atoms with van der Waals surface area (Å²) in [5.41, 5.74) is -0.810. The van der Waals surface area contributed by atoms with E-state index in [2.05, 4.69) is 15.5 Å². The molecule has 1 aliphatic heterocycles. The molecule has 0 bridgehead atoms. The highest BCUT2D eigenvalue weighted by molar-refractivity contribution is 6.06. The number of nitrogens with zero attached hydrogens (tertiary/aromatic N) is 3. The highest BCUT2D eigenvalue weighted by atomic mass is 16.5. The van der Waals surface area contributed by atoms with Crippen molar-refractivity contribution in [3.05, 3.63) is 11.7 Å². The third kappa shape index (κ3) is 3.38. The Kier molecular flexibility index (Phi) is 4.37. The molecule has 2 heterocycles. The Balaban J connectivity index is 1.50. The zero-order chi connectivity index (χ0) is 16.4. The normalized spacial score (nSPS) is 21.7. The maximum absolute atomic E-state index is 12.1. The SMILES string of the molecule is CC1(C)NC(=O)N(CCCc2nc(C3CCCCC3)no2)C1=O. The minimum Gasteiger partial charge on any atom is -0.339 e. The molecule has 23 heavy (non-hydrogen) atoms. The quantitative estimate of drug-likeness (QED) is 0.841. The average Bonchev–Trinajstić information content (AvgIpc) is 3.06. The lowest BCUT2D eigenvalue weighted by atomic mass is 9.89. The molecule has 1 N–H and O–H groups in total. The lowest BCUT2D eigenvalue weighted by Gasteiger charge is -2.17. The average molecular weight is 320 g/mol. The Labute approximate surface area is 135 Å². The van der Waals surface area contributed by atoms with Gasteiger partial charge in [-0.15, -0.1) is 0 Å². The van der Waals surface area contributed by atoms with E-state index in [1.807, 2.05) is 0 Å². The number of aromatic nitrogens is 2. The van der Waals surface area contributed by atoms with E-state index in [4.69, 9.17) is 4.52 Å². The molecule has 0 atom stereocenters. The number of aryl methyl sites for hydroxylation is 1. The number of carbonyl (C=O) groups excluding carboxylic acids is 2. The highest BCUT2D eigenvalue weighted by Crippen LogP contribution is 2.30. The van der Waals surface area contributed by atoms with E-state index in [1.54, 1.807) is 13.8 Å². The molecule has 7 nitrogen and oxygen atoms in total. The lowest BCUT2D eigenvalue weighted by Crippen LogP contribution is -2.40. The second-order valence-corrected chi connectivity index (χ2v) is 7.00. The van der Waals surface area contributed by atoms with Crippen LogP contribution in [0.3, 0.4) is 0 Å². The van der Waals surface area contributed by atoms with Crippen LogP contribution in [0.2, 0.25) is 0 Å². The molecule has 3 amide bonds. The number of hydrogen-bond donors (Lipinski definition) is 1. The van der Waals surface area contributed by atoms with Gasteiger partial charge in [-0.25, -0.2) is 4.79 Å². The van der Waals surface area contributed by atoms with E-state index in [0.29, 0.717) is 31.2 Å². The number of hydrogen-bond acceptors (Lipinski definition) is 5. The van der Waals surface area contributed by atoms with Crippen LogP contribution < -0.4 is 5.32 Å². The first-order valence-corrected chi connectivity index (χ1v) is 8.44. The third-order valence-electron chi connectivity index (χ3n) is 4.67. The summed E-state index contributed by atoms with van der Waals surface area (Å²) in [6, 6.07) is -0.326. The van der Waals surface area contributed by atoms with E-state index in [1.165, 1.54) is 24.2 Å². The van der Waals surface area contributed by atoms with Gasteiger partial charge >= 0.3 is 6.03 Å². The van der Waals surface area contributed by atoms with Gasteiger partial charge < -0.3 is 9.84 Å². The Bertz CT molecular complexity index is 590. The van der Waals surface area contributed by atoms with Crippen molar-refractivity contribution in [1.82, 2.24) is 20.4 Å². The number of carbonyl (C=O) groups is 2. The van der Waals surface area contributed by atoms with Crippen LogP contribution in [0.5, 0.6) is 0 Å². The van der Waals surface area contributed by atoms with Crippen LogP contribution in [-0.4, -0.2) is 39.1 Å². The number of imide groups is 1. The molecule has 2 fully saturated rings. The van der Waals surface area contributed by atoms with Crippen molar-refractivity contribution in [3.8, 4) is 0 Å². The molecule has 0 radical (unpaired) electrons. The largest absolute Gasteiger partial charge is 0.339 e. The maximum atomic E-state index is 12.1. The van der Waals surface area contributed by atoms with Gasteiger partial charge in [-0.2, -0.15) is 4.98 Å². The van der Waals surface area contributed by atoms with Gasteiger partial charge in [0.25, 0.3) is 5.91 Å². The fraction of sp³-hybridized carbons (Fsp3) is 0.750. The summed E-state index contributed by atoms with van der Waals surface area (Å²) >= 11 is 0. The van der Waals surface area contributed by atoms with Gasteiger partial charge in [0.2, 0.25) is 5.89 Å². The molecule has 1 saturated heterocycles. The van der Waals surface area contributed by atoms with E-state index >= 15 is 0 Å². The molecular formula is C16H24N4O3. The summed E-state index contributed by atoms with van der Waals surface area (Å²) in [7, 11) is 0. The van der Waals surface area contributed by atoms with Gasteiger partial charge in [0.05, 0.1) is 0 Å². The summed E-state index contributed by atoms with van der Waals surface area (Å²) in [5.74, 6) is 1.65. The van der Waals surface area contributed by atoms with Crippen LogP contribution in [-0.2, 0) is 11.2 Å². The minimum absolute atomic E-state index is 0.184. The van der Waals surface area contributed by atoms with Crippen molar-refractivity contribution in [2.24, 2.45) is 0 Å². The molecule has 0 aromatic carbocycles. The summed E-state index contributed by atoms with van der Waals surface area (Å²) in [6.45, 7) is 3.79. The molecule has 1 aromatic rings. The van der Waals surface area contributed by atoms with Gasteiger partial charge in [-0.05, 0) is 33.1 Å². The van der Waals surface area contributed by atoms with Crippen LogP contribution in [0.25, 0.3) is 0 Å². The zero-order valence-corrected chi connectivity index (χ0v) is 13.8. The Morgan fingerprint density at radius 1 is 1.26 bits per heavy atom. The number of nitrogens with one attached hydrogen (secondary N) is 1. The van der Waals surface area contributed by atoms with Crippen molar-refractivity contribution in [2.45, 2.75) is 70.3 Å². The number of amides is 3. The summed E-state index contributed by atoms with van der Waals surface area (Å²) in [5, 5.41) is 6.77. The predicted octanol–water partition coefficient (Wildman–Crippen LogP) is 2.38. The fourth-order valence-electron chi connectivity index (χ4n) is 3.31. The molecule has 1 saturated carbocycles. The molecule has 7 heteroatoms. The highest BCUT2D eigenvalue weighted by Gasteiger charge is 2.43. The van der Waals surface area contributed by atoms with Crippen molar-refractivity contribution in [1.29, 1.82) is 0 Å². The van der Waals surface area contributed by atoms with Crippen LogP contribution in [0.15, 0.2) is 4.52 Å². The van der Waals surface area contributed by atoms with E-state index in [9.17, 15) is 9.59 Å². The summed E-state index contributed by atoms with van der Waals surface area (Å²) < 4.78 is 5.31. The summed E-state index contributed by atoms with van der Waals surface area (Å²) in [4.78, 5) is 29.6. The first-order valence-electron chi connectivity index (χ1n) is 8.44. The Morgan fingerprint density at radius 3 is 2.65 bits per heavy atom. The van der Waals surface area contributed by atoms with Crippen LogP contribution in [0.1, 0.15) is 70.0 Å². The maximum Gasteiger partial charge on any atom is 0.325 e. The van der Waals surface area contributed by atoms with Gasteiger partial charge in [0.15, 0.2) is 5.82 Å². The van der Waals surface area contributed by atoms with Crippen LogP contribution in [0.4, 0.5) is 4.79 Å². The molecule has 1 aromatic heterocycles. The molecule has 126 valence electrons. The van der Waals surface area contributed by atoms with E-state index in [0.717, 1.165) is 18.7 Å².